The lowest BCUT2D eigenvalue weighted by atomic mass is 10.2. The van der Waals surface area contributed by atoms with E-state index in [0.29, 0.717) is 4.90 Å². The number of carbonyl (C=O) groups is 1. The van der Waals surface area contributed by atoms with Crippen LogP contribution in [0, 0.1) is 10.1 Å². The zero-order valence-electron chi connectivity index (χ0n) is 12.3. The molecule has 2 N–H and O–H groups in total. The van der Waals surface area contributed by atoms with Gasteiger partial charge in [0.15, 0.2) is 0 Å². The Morgan fingerprint density at radius 1 is 1.25 bits per heavy atom. The highest BCUT2D eigenvalue weighted by atomic mass is 32.2. The summed E-state index contributed by atoms with van der Waals surface area (Å²) in [7, 11) is -3.23. The maximum Gasteiger partial charge on any atom is 0.338 e. The Morgan fingerprint density at radius 2 is 1.88 bits per heavy atom. The second kappa shape index (κ2) is 6.99. The minimum atomic E-state index is -4.31. The van der Waals surface area contributed by atoms with Crippen LogP contribution in [0.15, 0.2) is 57.2 Å². The third-order valence-corrected chi connectivity index (χ3v) is 5.13. The predicted octanol–water partition coefficient (Wildman–Crippen LogP) is 2.18. The first kappa shape index (κ1) is 17.9. The molecular formula is C14H12N2O6S2. The number of rotatable bonds is 5. The molecule has 0 amide bonds. The van der Waals surface area contributed by atoms with Gasteiger partial charge in [0, 0.05) is 11.0 Å². The van der Waals surface area contributed by atoms with E-state index in [4.69, 9.17) is 5.14 Å². The summed E-state index contributed by atoms with van der Waals surface area (Å²) >= 11 is 0.871. The summed E-state index contributed by atoms with van der Waals surface area (Å²) in [6.07, 6.45) is 0. The highest BCUT2D eigenvalue weighted by molar-refractivity contribution is 8.00. The average molecular weight is 368 g/mol. The maximum atomic E-state index is 11.9. The van der Waals surface area contributed by atoms with Crippen molar-refractivity contribution >= 4 is 33.4 Å². The van der Waals surface area contributed by atoms with E-state index in [-0.39, 0.29) is 10.5 Å². The smallest absolute Gasteiger partial charge is 0.338 e. The van der Waals surface area contributed by atoms with Gasteiger partial charge < -0.3 is 4.74 Å². The molecule has 0 heterocycles. The van der Waals surface area contributed by atoms with Crippen LogP contribution < -0.4 is 5.14 Å². The summed E-state index contributed by atoms with van der Waals surface area (Å²) in [4.78, 5) is 22.1. The van der Waals surface area contributed by atoms with E-state index in [1.54, 1.807) is 30.3 Å². The topological polar surface area (TPSA) is 130 Å². The Morgan fingerprint density at radius 3 is 2.38 bits per heavy atom. The number of hydrogen-bond donors (Lipinski definition) is 1. The van der Waals surface area contributed by atoms with Gasteiger partial charge in [-0.2, -0.15) is 0 Å². The van der Waals surface area contributed by atoms with Gasteiger partial charge in [-0.25, -0.2) is 18.4 Å². The Labute approximate surface area is 141 Å². The number of esters is 1. The number of hydrogen-bond acceptors (Lipinski definition) is 7. The Hall–Kier alpha value is -2.43. The molecule has 0 bridgehead atoms. The van der Waals surface area contributed by atoms with Crippen molar-refractivity contribution in [2.45, 2.75) is 14.7 Å². The molecule has 0 saturated heterocycles. The molecule has 0 aliphatic carbocycles. The Balaban J connectivity index is 2.74. The number of methoxy groups -OCH3 is 1. The fourth-order valence-corrected chi connectivity index (χ4v) is 3.93. The molecule has 8 nitrogen and oxygen atoms in total. The molecule has 0 radical (unpaired) electrons. The number of primary sulfonamides is 1. The molecule has 2 aromatic rings. The van der Waals surface area contributed by atoms with Crippen molar-refractivity contribution in [2.75, 3.05) is 7.11 Å². The Bertz CT molecular complexity index is 897. The van der Waals surface area contributed by atoms with Crippen LogP contribution in [-0.4, -0.2) is 26.4 Å². The number of nitro benzene ring substituents is 1. The number of nitrogens with zero attached hydrogens (tertiary/aromatic N) is 1. The minimum absolute atomic E-state index is 0.165. The molecule has 0 aliphatic heterocycles. The molecule has 2 aromatic carbocycles. The van der Waals surface area contributed by atoms with Crippen molar-refractivity contribution in [3.8, 4) is 0 Å². The second-order valence-corrected chi connectivity index (χ2v) is 7.15. The van der Waals surface area contributed by atoms with Crippen LogP contribution in [0.1, 0.15) is 10.4 Å². The van der Waals surface area contributed by atoms with Gasteiger partial charge in [0.05, 0.1) is 17.6 Å². The molecule has 0 spiro atoms. The van der Waals surface area contributed by atoms with Crippen molar-refractivity contribution in [1.82, 2.24) is 0 Å². The van der Waals surface area contributed by atoms with Gasteiger partial charge in [0.1, 0.15) is 9.79 Å². The average Bonchev–Trinajstić information content (AvgIpc) is 2.53. The van der Waals surface area contributed by atoms with Crippen LogP contribution >= 0.6 is 11.8 Å². The SMILES string of the molecule is COC(=O)c1cc([N+](=O)[O-])c(Sc2ccccc2)c(S(N)(=O)=O)c1. The molecule has 0 aliphatic rings. The molecule has 0 fully saturated rings. The largest absolute Gasteiger partial charge is 0.465 e. The number of nitrogens with two attached hydrogens (primary N) is 1. The monoisotopic (exact) mass is 368 g/mol. The standard InChI is InChI=1S/C14H12N2O6S2/c1-22-14(17)9-7-11(16(18)19)13(12(8-9)24(15,20)21)23-10-5-3-2-4-6-10/h2-8H,1H3,(H2,15,20,21). The first-order valence-electron chi connectivity index (χ1n) is 6.40. The zero-order valence-corrected chi connectivity index (χ0v) is 14.0. The van der Waals surface area contributed by atoms with E-state index < -0.39 is 31.5 Å². The fourth-order valence-electron chi connectivity index (χ4n) is 1.88. The van der Waals surface area contributed by atoms with Gasteiger partial charge in [-0.15, -0.1) is 0 Å². The first-order chi connectivity index (χ1) is 11.2. The molecule has 10 heteroatoms. The van der Waals surface area contributed by atoms with Gasteiger partial charge in [-0.1, -0.05) is 30.0 Å². The first-order valence-corrected chi connectivity index (χ1v) is 8.76. The Kier molecular flexibility index (Phi) is 5.22. The van der Waals surface area contributed by atoms with Crippen molar-refractivity contribution < 1.29 is 22.9 Å². The van der Waals surface area contributed by atoms with E-state index in [0.717, 1.165) is 31.0 Å². The lowest BCUT2D eigenvalue weighted by Crippen LogP contribution is -2.16. The van der Waals surface area contributed by atoms with Gasteiger partial charge >= 0.3 is 5.97 Å². The summed E-state index contributed by atoms with van der Waals surface area (Å²) < 4.78 is 28.2. The highest BCUT2D eigenvalue weighted by Crippen LogP contribution is 2.40. The van der Waals surface area contributed by atoms with E-state index in [2.05, 4.69) is 4.74 Å². The molecule has 0 aromatic heterocycles. The van der Waals surface area contributed by atoms with Crippen molar-refractivity contribution in [3.05, 3.63) is 58.1 Å². The molecule has 24 heavy (non-hydrogen) atoms. The van der Waals surface area contributed by atoms with Gasteiger partial charge in [0.25, 0.3) is 5.69 Å². The van der Waals surface area contributed by atoms with Gasteiger partial charge in [-0.3, -0.25) is 10.1 Å². The van der Waals surface area contributed by atoms with E-state index in [1.807, 2.05) is 0 Å². The van der Waals surface area contributed by atoms with Gasteiger partial charge in [0.2, 0.25) is 10.0 Å². The highest BCUT2D eigenvalue weighted by Gasteiger charge is 2.28. The van der Waals surface area contributed by atoms with Gasteiger partial charge in [-0.05, 0) is 18.2 Å². The second-order valence-electron chi connectivity index (χ2n) is 4.53. The van der Waals surface area contributed by atoms with Crippen LogP contribution in [-0.2, 0) is 14.8 Å². The number of carbonyl (C=O) groups excluding carboxylic acids is 1. The van der Waals surface area contributed by atoms with Crippen LogP contribution in [0.5, 0.6) is 0 Å². The normalized spacial score (nSPS) is 11.1. The van der Waals surface area contributed by atoms with Crippen LogP contribution in [0.25, 0.3) is 0 Å². The van der Waals surface area contributed by atoms with Crippen molar-refractivity contribution in [2.24, 2.45) is 5.14 Å². The molecule has 0 unspecified atom stereocenters. The molecular weight excluding hydrogens is 356 g/mol. The van der Waals surface area contributed by atoms with E-state index in [9.17, 15) is 23.3 Å². The number of ether oxygens (including phenoxy) is 1. The summed E-state index contributed by atoms with van der Waals surface area (Å²) in [5.41, 5.74) is -0.818. The third-order valence-electron chi connectivity index (χ3n) is 2.92. The molecule has 126 valence electrons. The minimum Gasteiger partial charge on any atom is -0.465 e. The van der Waals surface area contributed by atoms with Crippen LogP contribution in [0.2, 0.25) is 0 Å². The predicted molar refractivity (Wildman–Crippen MR) is 86.4 cm³/mol. The summed E-state index contributed by atoms with van der Waals surface area (Å²) in [6, 6.07) is 10.4. The van der Waals surface area contributed by atoms with Crippen molar-refractivity contribution in [3.63, 3.8) is 0 Å². The lowest BCUT2D eigenvalue weighted by molar-refractivity contribution is -0.388. The van der Waals surface area contributed by atoms with Crippen LogP contribution in [0.3, 0.4) is 0 Å². The third kappa shape index (κ3) is 3.91. The maximum absolute atomic E-state index is 11.9. The molecule has 0 saturated carbocycles. The number of sulfonamides is 1. The van der Waals surface area contributed by atoms with Crippen molar-refractivity contribution in [1.29, 1.82) is 0 Å². The lowest BCUT2D eigenvalue weighted by Gasteiger charge is -2.10. The summed E-state index contributed by atoms with van der Waals surface area (Å²) in [5.74, 6) is -0.903. The fraction of sp³-hybridized carbons (Fsp3) is 0.0714. The van der Waals surface area contributed by atoms with E-state index in [1.165, 1.54) is 0 Å². The van der Waals surface area contributed by atoms with E-state index >= 15 is 0 Å². The number of nitro groups is 1. The summed E-state index contributed by atoms with van der Waals surface area (Å²) in [5, 5.41) is 16.5. The van der Waals surface area contributed by atoms with Crippen LogP contribution in [0.4, 0.5) is 5.69 Å². The quantitative estimate of drug-likeness (QED) is 0.486. The molecule has 2 rings (SSSR count). The summed E-state index contributed by atoms with van der Waals surface area (Å²) in [6.45, 7) is 0. The molecule has 0 atom stereocenters. The number of benzene rings is 2. The zero-order chi connectivity index (χ0) is 17.9.